The number of benzene rings is 1. The van der Waals surface area contributed by atoms with E-state index in [0.717, 1.165) is 18.8 Å². The van der Waals surface area contributed by atoms with Gasteiger partial charge in [0.15, 0.2) is 0 Å². The molecule has 9 nitrogen and oxygen atoms in total. The first kappa shape index (κ1) is 24.2. The van der Waals surface area contributed by atoms with Gasteiger partial charge in [0.1, 0.15) is 24.6 Å². The van der Waals surface area contributed by atoms with E-state index in [4.69, 9.17) is 14.2 Å². The molecule has 4 rings (SSSR count). The van der Waals surface area contributed by atoms with Gasteiger partial charge in [0.05, 0.1) is 25.4 Å². The fourth-order valence-electron chi connectivity index (χ4n) is 4.70. The van der Waals surface area contributed by atoms with Crippen molar-refractivity contribution in [3.05, 3.63) is 30.1 Å². The van der Waals surface area contributed by atoms with Gasteiger partial charge in [-0.05, 0) is 38.4 Å². The van der Waals surface area contributed by atoms with Crippen molar-refractivity contribution in [2.45, 2.75) is 24.4 Å². The van der Waals surface area contributed by atoms with Crippen molar-refractivity contribution >= 4 is 11.8 Å². The summed E-state index contributed by atoms with van der Waals surface area (Å²) >= 11 is 0. The molecular formula is C23H35FN4O5. The Labute approximate surface area is 194 Å². The Kier molecular flexibility index (Phi) is 8.02. The van der Waals surface area contributed by atoms with Gasteiger partial charge < -0.3 is 34.0 Å². The Morgan fingerprint density at radius 1 is 1.06 bits per heavy atom. The van der Waals surface area contributed by atoms with E-state index in [1.807, 2.05) is 14.1 Å². The van der Waals surface area contributed by atoms with Crippen molar-refractivity contribution in [1.82, 2.24) is 14.7 Å². The summed E-state index contributed by atoms with van der Waals surface area (Å²) in [7, 11) is 4.00. The van der Waals surface area contributed by atoms with Gasteiger partial charge in [-0.3, -0.25) is 4.90 Å². The molecule has 3 fully saturated rings. The highest BCUT2D eigenvalue weighted by Gasteiger charge is 2.41. The number of ether oxygens (including phenoxy) is 3. The summed E-state index contributed by atoms with van der Waals surface area (Å²) in [5.74, 6) is -0.299. The molecule has 1 aromatic carbocycles. The van der Waals surface area contributed by atoms with E-state index >= 15 is 0 Å². The van der Waals surface area contributed by atoms with Gasteiger partial charge in [-0.2, -0.15) is 0 Å². The summed E-state index contributed by atoms with van der Waals surface area (Å²) < 4.78 is 30.6. The van der Waals surface area contributed by atoms with Crippen molar-refractivity contribution in [1.29, 1.82) is 0 Å². The third kappa shape index (κ3) is 6.13. The van der Waals surface area contributed by atoms with Crippen LogP contribution in [0.25, 0.3) is 0 Å². The monoisotopic (exact) mass is 466 g/mol. The second-order valence-corrected chi connectivity index (χ2v) is 9.18. The number of hydrogen-bond acceptors (Lipinski definition) is 8. The molecule has 1 amide bonds. The van der Waals surface area contributed by atoms with Crippen molar-refractivity contribution in [2.24, 2.45) is 0 Å². The van der Waals surface area contributed by atoms with Crippen LogP contribution in [0.2, 0.25) is 0 Å². The molecule has 1 aromatic rings. The van der Waals surface area contributed by atoms with E-state index in [9.17, 15) is 14.3 Å². The van der Waals surface area contributed by atoms with Crippen LogP contribution in [0, 0.1) is 5.82 Å². The standard InChI is InChI=1S/C23H35FN4O5/c1-25-9-11-31-19(13-25)16-33-23(30)28-8-7-27(18-5-3-17(24)4-6-18)14-20(28)22(29)21-15-26(2)10-12-32-21/h3-6,19-22,29H,7-16H2,1-2H3/t19-,20?,21-,22?/m1/s1. The Morgan fingerprint density at radius 3 is 2.45 bits per heavy atom. The molecule has 3 aliphatic rings. The van der Waals surface area contributed by atoms with E-state index in [-0.39, 0.29) is 18.5 Å². The van der Waals surface area contributed by atoms with E-state index in [0.29, 0.717) is 45.9 Å². The molecule has 3 heterocycles. The van der Waals surface area contributed by atoms with Gasteiger partial charge in [0.2, 0.25) is 0 Å². The number of piperazine rings is 1. The molecule has 2 unspecified atom stereocenters. The maximum atomic E-state index is 13.4. The van der Waals surface area contributed by atoms with Gasteiger partial charge >= 0.3 is 6.09 Å². The average Bonchev–Trinajstić information content (AvgIpc) is 2.82. The van der Waals surface area contributed by atoms with Gasteiger partial charge in [-0.1, -0.05) is 0 Å². The van der Waals surface area contributed by atoms with Crippen molar-refractivity contribution in [2.75, 3.05) is 84.6 Å². The molecule has 0 aliphatic carbocycles. The summed E-state index contributed by atoms with van der Waals surface area (Å²) in [5.41, 5.74) is 0.849. The second-order valence-electron chi connectivity index (χ2n) is 9.18. The molecule has 3 aliphatic heterocycles. The zero-order valence-corrected chi connectivity index (χ0v) is 19.4. The van der Waals surface area contributed by atoms with Crippen LogP contribution >= 0.6 is 0 Å². The van der Waals surface area contributed by atoms with E-state index in [1.54, 1.807) is 17.0 Å². The number of aliphatic hydroxyl groups is 1. The molecule has 3 saturated heterocycles. The summed E-state index contributed by atoms with van der Waals surface area (Å²) in [6, 6.07) is 5.75. The normalized spacial score (nSPS) is 28.5. The molecule has 4 atom stereocenters. The highest BCUT2D eigenvalue weighted by Crippen LogP contribution is 2.24. The lowest BCUT2D eigenvalue weighted by atomic mass is 9.99. The van der Waals surface area contributed by atoms with Crippen LogP contribution in [-0.2, 0) is 14.2 Å². The number of rotatable bonds is 5. The minimum absolute atomic E-state index is 0.160. The van der Waals surface area contributed by atoms with Gasteiger partial charge in [-0.25, -0.2) is 9.18 Å². The first-order chi connectivity index (χ1) is 15.9. The lowest BCUT2D eigenvalue weighted by molar-refractivity contribution is -0.108. The van der Waals surface area contributed by atoms with Crippen LogP contribution in [0.1, 0.15) is 0 Å². The van der Waals surface area contributed by atoms with E-state index < -0.39 is 24.3 Å². The second kappa shape index (κ2) is 11.0. The number of morpholine rings is 2. The Balaban J connectivity index is 1.45. The van der Waals surface area contributed by atoms with Crippen LogP contribution in [0.4, 0.5) is 14.9 Å². The van der Waals surface area contributed by atoms with Crippen LogP contribution < -0.4 is 4.90 Å². The smallest absolute Gasteiger partial charge is 0.410 e. The summed E-state index contributed by atoms with van der Waals surface area (Å²) in [4.78, 5) is 21.0. The summed E-state index contributed by atoms with van der Waals surface area (Å²) in [6.07, 6.45) is -1.92. The minimum atomic E-state index is -0.888. The van der Waals surface area contributed by atoms with E-state index in [2.05, 4.69) is 14.7 Å². The molecular weight excluding hydrogens is 431 g/mol. The highest BCUT2D eigenvalue weighted by atomic mass is 19.1. The zero-order chi connectivity index (χ0) is 23.4. The van der Waals surface area contributed by atoms with Gasteiger partial charge in [0.25, 0.3) is 0 Å². The summed E-state index contributed by atoms with van der Waals surface area (Å²) in [6.45, 7) is 5.60. The van der Waals surface area contributed by atoms with Gasteiger partial charge in [-0.15, -0.1) is 0 Å². The lowest BCUT2D eigenvalue weighted by Gasteiger charge is -2.46. The van der Waals surface area contributed by atoms with Crippen LogP contribution in [0.3, 0.4) is 0 Å². The molecule has 0 bridgehead atoms. The predicted molar refractivity (Wildman–Crippen MR) is 121 cm³/mol. The third-order valence-corrected chi connectivity index (χ3v) is 6.65. The largest absolute Gasteiger partial charge is 0.447 e. The highest BCUT2D eigenvalue weighted by molar-refractivity contribution is 5.69. The fraction of sp³-hybridized carbons (Fsp3) is 0.696. The topological polar surface area (TPSA) is 78.0 Å². The zero-order valence-electron chi connectivity index (χ0n) is 19.4. The number of carbonyl (C=O) groups is 1. The fourth-order valence-corrected chi connectivity index (χ4v) is 4.70. The van der Waals surface area contributed by atoms with E-state index in [1.165, 1.54) is 12.1 Å². The SMILES string of the molecule is CN1CCO[C@@H](COC(=O)N2CCN(c3ccc(F)cc3)CC2C(O)[C@H]2CN(C)CCO2)C1. The van der Waals surface area contributed by atoms with Crippen LogP contribution in [0.5, 0.6) is 0 Å². The Morgan fingerprint density at radius 2 is 1.76 bits per heavy atom. The predicted octanol–water partition coefficient (Wildman–Crippen LogP) is 0.475. The molecule has 33 heavy (non-hydrogen) atoms. The number of carbonyl (C=O) groups excluding carboxylic acids is 1. The molecule has 0 radical (unpaired) electrons. The quantitative estimate of drug-likeness (QED) is 0.672. The third-order valence-electron chi connectivity index (χ3n) is 6.65. The Hall–Kier alpha value is -1.98. The number of amides is 1. The van der Waals surface area contributed by atoms with Gasteiger partial charge in [0, 0.05) is 51.5 Å². The molecule has 184 valence electrons. The maximum Gasteiger partial charge on any atom is 0.410 e. The first-order valence-corrected chi connectivity index (χ1v) is 11.6. The number of nitrogens with zero attached hydrogens (tertiary/aromatic N) is 4. The van der Waals surface area contributed by atoms with Crippen LogP contribution in [0.15, 0.2) is 24.3 Å². The molecule has 10 heteroatoms. The van der Waals surface area contributed by atoms with Crippen molar-refractivity contribution in [3.63, 3.8) is 0 Å². The van der Waals surface area contributed by atoms with Crippen molar-refractivity contribution < 1.29 is 28.5 Å². The average molecular weight is 467 g/mol. The summed E-state index contributed by atoms with van der Waals surface area (Å²) in [5, 5.41) is 11.3. The number of halogens is 1. The lowest BCUT2D eigenvalue weighted by Crippen LogP contribution is -2.63. The minimum Gasteiger partial charge on any atom is -0.447 e. The number of anilines is 1. The number of likely N-dealkylation sites (N-methyl/N-ethyl adjacent to an activating group) is 2. The van der Waals surface area contributed by atoms with Crippen LogP contribution in [-0.4, -0.2) is 130 Å². The molecule has 0 aromatic heterocycles. The molecule has 1 N–H and O–H groups in total. The maximum absolute atomic E-state index is 13.4. The molecule has 0 saturated carbocycles. The molecule has 0 spiro atoms. The number of aliphatic hydroxyl groups excluding tert-OH is 1. The Bertz CT molecular complexity index is 785. The van der Waals surface area contributed by atoms with Crippen molar-refractivity contribution in [3.8, 4) is 0 Å². The first-order valence-electron chi connectivity index (χ1n) is 11.6. The number of hydrogen-bond donors (Lipinski definition) is 1.